The molecule has 32 heavy (non-hydrogen) atoms. The second-order valence-electron chi connectivity index (χ2n) is 9.93. The standard InChI is InChI=1S/C27H32N2O3/c1-7-17-8-13-21-20(16-17)24(30)22-23(18-9-11-19(12-10-18)27(2,3)4)29(15-14-28(5)6)26(31)25(22)32-21/h8-13,16,23H,7,14-15H2,1-6H3. The Morgan fingerprint density at radius 3 is 2.31 bits per heavy atom. The minimum Gasteiger partial charge on any atom is -0.450 e. The number of aryl methyl sites for hydroxylation is 1. The van der Waals surface area contributed by atoms with Gasteiger partial charge in [0, 0.05) is 13.1 Å². The first-order chi connectivity index (χ1) is 15.1. The van der Waals surface area contributed by atoms with E-state index in [0.29, 0.717) is 29.6 Å². The van der Waals surface area contributed by atoms with E-state index in [2.05, 4.69) is 39.8 Å². The molecule has 1 atom stereocenters. The highest BCUT2D eigenvalue weighted by atomic mass is 16.3. The number of hydrogen-bond acceptors (Lipinski definition) is 4. The molecule has 1 aromatic heterocycles. The smallest absolute Gasteiger partial charge is 0.290 e. The second-order valence-corrected chi connectivity index (χ2v) is 9.93. The molecule has 2 heterocycles. The monoisotopic (exact) mass is 432 g/mol. The molecule has 0 aliphatic carbocycles. The molecule has 0 fully saturated rings. The number of fused-ring (bicyclic) bond motifs is 2. The Kier molecular flexibility index (Phi) is 5.72. The fourth-order valence-corrected chi connectivity index (χ4v) is 4.34. The second kappa shape index (κ2) is 8.21. The van der Waals surface area contributed by atoms with Gasteiger partial charge in [-0.3, -0.25) is 9.59 Å². The van der Waals surface area contributed by atoms with E-state index in [-0.39, 0.29) is 22.5 Å². The Morgan fingerprint density at radius 2 is 1.72 bits per heavy atom. The normalized spacial score (nSPS) is 16.3. The van der Waals surface area contributed by atoms with Gasteiger partial charge in [-0.1, -0.05) is 58.0 Å². The summed E-state index contributed by atoms with van der Waals surface area (Å²) in [6.07, 6.45) is 0.831. The highest BCUT2D eigenvalue weighted by molar-refractivity contribution is 5.99. The van der Waals surface area contributed by atoms with Crippen molar-refractivity contribution in [2.45, 2.75) is 45.6 Å². The summed E-state index contributed by atoms with van der Waals surface area (Å²) in [4.78, 5) is 30.9. The summed E-state index contributed by atoms with van der Waals surface area (Å²) in [6, 6.07) is 13.5. The first-order valence-corrected chi connectivity index (χ1v) is 11.3. The fraction of sp³-hybridized carbons (Fsp3) is 0.407. The molecular weight excluding hydrogens is 400 g/mol. The van der Waals surface area contributed by atoms with Crippen LogP contribution in [-0.2, 0) is 11.8 Å². The van der Waals surface area contributed by atoms with Crippen molar-refractivity contribution in [1.29, 1.82) is 0 Å². The van der Waals surface area contributed by atoms with Crippen LogP contribution in [0, 0.1) is 0 Å². The topological polar surface area (TPSA) is 53.8 Å². The van der Waals surface area contributed by atoms with Gasteiger partial charge < -0.3 is 14.2 Å². The van der Waals surface area contributed by atoms with Gasteiger partial charge in [0.05, 0.1) is 17.0 Å². The molecule has 3 aromatic rings. The highest BCUT2D eigenvalue weighted by Gasteiger charge is 2.42. The van der Waals surface area contributed by atoms with Gasteiger partial charge in [-0.2, -0.15) is 0 Å². The number of benzene rings is 2. The SMILES string of the molecule is CCc1ccc2oc3c(c(=O)c2c1)C(c1ccc(C(C)(C)C)cc1)N(CCN(C)C)C3=O. The van der Waals surface area contributed by atoms with Crippen LogP contribution in [0.5, 0.6) is 0 Å². The Morgan fingerprint density at radius 1 is 1.03 bits per heavy atom. The van der Waals surface area contributed by atoms with Crippen molar-refractivity contribution in [2.75, 3.05) is 27.2 Å². The van der Waals surface area contributed by atoms with Gasteiger partial charge in [0.1, 0.15) is 5.58 Å². The number of carbonyl (C=O) groups excluding carboxylic acids is 1. The Labute approximate surface area is 189 Å². The van der Waals surface area contributed by atoms with Crippen LogP contribution in [0.2, 0.25) is 0 Å². The summed E-state index contributed by atoms with van der Waals surface area (Å²) in [7, 11) is 3.95. The zero-order valence-electron chi connectivity index (χ0n) is 19.9. The maximum absolute atomic E-state index is 13.7. The maximum atomic E-state index is 13.7. The zero-order chi connectivity index (χ0) is 23.2. The molecule has 0 radical (unpaired) electrons. The van der Waals surface area contributed by atoms with Crippen LogP contribution in [0.3, 0.4) is 0 Å². The third-order valence-electron chi connectivity index (χ3n) is 6.32. The molecule has 1 unspecified atom stereocenters. The van der Waals surface area contributed by atoms with Crippen LogP contribution in [0.1, 0.15) is 66.5 Å². The van der Waals surface area contributed by atoms with E-state index in [1.165, 1.54) is 5.56 Å². The maximum Gasteiger partial charge on any atom is 0.290 e. The number of amides is 1. The lowest BCUT2D eigenvalue weighted by Crippen LogP contribution is -2.35. The van der Waals surface area contributed by atoms with Gasteiger partial charge in [-0.05, 0) is 54.8 Å². The first-order valence-electron chi connectivity index (χ1n) is 11.3. The molecule has 5 heteroatoms. The molecule has 5 nitrogen and oxygen atoms in total. The molecule has 0 bridgehead atoms. The summed E-state index contributed by atoms with van der Waals surface area (Å²) in [6.45, 7) is 9.79. The number of nitrogens with zero attached hydrogens (tertiary/aromatic N) is 2. The molecule has 0 saturated carbocycles. The van der Waals surface area contributed by atoms with E-state index in [9.17, 15) is 9.59 Å². The Bertz CT molecular complexity index is 1220. The quantitative estimate of drug-likeness (QED) is 0.583. The van der Waals surface area contributed by atoms with Crippen molar-refractivity contribution in [3.8, 4) is 0 Å². The van der Waals surface area contributed by atoms with Gasteiger partial charge in [0.2, 0.25) is 5.76 Å². The molecule has 2 aromatic carbocycles. The molecule has 0 spiro atoms. The largest absolute Gasteiger partial charge is 0.450 e. The Hall–Kier alpha value is -2.92. The summed E-state index contributed by atoms with van der Waals surface area (Å²) in [5.41, 5.74) is 4.06. The average Bonchev–Trinajstić information content (AvgIpc) is 3.03. The van der Waals surface area contributed by atoms with Crippen molar-refractivity contribution in [3.05, 3.63) is 80.7 Å². The van der Waals surface area contributed by atoms with E-state index in [1.54, 1.807) is 11.0 Å². The number of likely N-dealkylation sites (N-methyl/N-ethyl adjacent to an activating group) is 1. The van der Waals surface area contributed by atoms with Crippen LogP contribution in [0.15, 0.2) is 51.7 Å². The van der Waals surface area contributed by atoms with Gasteiger partial charge in [-0.25, -0.2) is 0 Å². The summed E-state index contributed by atoms with van der Waals surface area (Å²) < 4.78 is 6.06. The predicted octanol–water partition coefficient (Wildman–Crippen LogP) is 4.76. The molecule has 0 saturated heterocycles. The van der Waals surface area contributed by atoms with Crippen LogP contribution in [0.4, 0.5) is 0 Å². The average molecular weight is 433 g/mol. The van der Waals surface area contributed by atoms with Crippen molar-refractivity contribution < 1.29 is 9.21 Å². The predicted molar refractivity (Wildman–Crippen MR) is 128 cm³/mol. The third kappa shape index (κ3) is 3.86. The molecule has 1 aliphatic rings. The van der Waals surface area contributed by atoms with E-state index in [0.717, 1.165) is 17.5 Å². The molecule has 4 rings (SSSR count). The molecule has 0 N–H and O–H groups in total. The molecule has 1 aliphatic heterocycles. The zero-order valence-corrected chi connectivity index (χ0v) is 19.9. The van der Waals surface area contributed by atoms with Crippen LogP contribution >= 0.6 is 0 Å². The van der Waals surface area contributed by atoms with Crippen molar-refractivity contribution in [3.63, 3.8) is 0 Å². The number of hydrogen-bond donors (Lipinski definition) is 0. The van der Waals surface area contributed by atoms with Gasteiger partial charge in [-0.15, -0.1) is 0 Å². The van der Waals surface area contributed by atoms with E-state index in [1.807, 2.05) is 43.3 Å². The Balaban J connectivity index is 1.90. The van der Waals surface area contributed by atoms with Crippen molar-refractivity contribution >= 4 is 16.9 Å². The van der Waals surface area contributed by atoms with Crippen molar-refractivity contribution in [2.24, 2.45) is 0 Å². The van der Waals surface area contributed by atoms with Crippen molar-refractivity contribution in [1.82, 2.24) is 9.80 Å². The summed E-state index contributed by atoms with van der Waals surface area (Å²) >= 11 is 0. The van der Waals surface area contributed by atoms with Gasteiger partial charge in [0.25, 0.3) is 5.91 Å². The third-order valence-corrected chi connectivity index (χ3v) is 6.32. The van der Waals surface area contributed by atoms with Gasteiger partial charge >= 0.3 is 0 Å². The molecule has 1 amide bonds. The lowest BCUT2D eigenvalue weighted by molar-refractivity contribution is 0.0716. The number of rotatable bonds is 5. The number of carbonyl (C=O) groups is 1. The van der Waals surface area contributed by atoms with Crippen LogP contribution in [0.25, 0.3) is 11.0 Å². The summed E-state index contributed by atoms with van der Waals surface area (Å²) in [5, 5.41) is 0.543. The molecular formula is C27H32N2O3. The summed E-state index contributed by atoms with van der Waals surface area (Å²) in [5.74, 6) is -0.0410. The highest BCUT2D eigenvalue weighted by Crippen LogP contribution is 2.38. The minimum atomic E-state index is -0.447. The lowest BCUT2D eigenvalue weighted by atomic mass is 9.86. The van der Waals surface area contributed by atoms with E-state index >= 15 is 0 Å². The molecule has 168 valence electrons. The minimum absolute atomic E-state index is 0.0261. The first kappa shape index (κ1) is 22.3. The fourth-order valence-electron chi connectivity index (χ4n) is 4.34. The van der Waals surface area contributed by atoms with Crippen LogP contribution in [-0.4, -0.2) is 42.9 Å². The van der Waals surface area contributed by atoms with E-state index in [4.69, 9.17) is 4.42 Å². The van der Waals surface area contributed by atoms with Gasteiger partial charge in [0.15, 0.2) is 5.43 Å². The van der Waals surface area contributed by atoms with Crippen LogP contribution < -0.4 is 5.43 Å². The lowest BCUT2D eigenvalue weighted by Gasteiger charge is -2.27. The van der Waals surface area contributed by atoms with E-state index < -0.39 is 6.04 Å².